The van der Waals surface area contributed by atoms with Gasteiger partial charge in [0.1, 0.15) is 0 Å². The third-order valence-corrected chi connectivity index (χ3v) is 4.69. The van der Waals surface area contributed by atoms with Gasteiger partial charge in [-0.15, -0.1) is 11.6 Å². The van der Waals surface area contributed by atoms with Crippen LogP contribution in [-0.2, 0) is 0 Å². The van der Waals surface area contributed by atoms with Gasteiger partial charge in [0.2, 0.25) is 0 Å². The van der Waals surface area contributed by atoms with Crippen molar-refractivity contribution in [3.8, 4) is 0 Å². The van der Waals surface area contributed by atoms with Crippen LogP contribution in [0.2, 0.25) is 0 Å². The lowest BCUT2D eigenvalue weighted by Crippen LogP contribution is -2.13. The topological polar surface area (TPSA) is 0 Å². The number of alkyl halides is 1. The molecule has 92 valence electrons. The SMILES string of the molecule is ClCC(=CC1CCCCC1)C1CCCCC1. The van der Waals surface area contributed by atoms with Gasteiger partial charge >= 0.3 is 0 Å². The molecule has 0 amide bonds. The first kappa shape index (κ1) is 12.5. The fourth-order valence-electron chi connectivity index (χ4n) is 3.37. The van der Waals surface area contributed by atoms with Crippen LogP contribution < -0.4 is 0 Å². The van der Waals surface area contributed by atoms with Crippen molar-refractivity contribution in [2.45, 2.75) is 64.2 Å². The predicted octanol–water partition coefficient (Wildman–Crippen LogP) is 5.31. The minimum absolute atomic E-state index is 0.779. The fraction of sp³-hybridized carbons (Fsp3) is 0.867. The molecule has 2 fully saturated rings. The van der Waals surface area contributed by atoms with Gasteiger partial charge in [-0.2, -0.15) is 0 Å². The first-order valence-electron chi connectivity index (χ1n) is 7.16. The summed E-state index contributed by atoms with van der Waals surface area (Å²) in [5.74, 6) is 2.46. The van der Waals surface area contributed by atoms with E-state index in [4.69, 9.17) is 11.6 Å². The van der Waals surface area contributed by atoms with Gasteiger partial charge < -0.3 is 0 Å². The predicted molar refractivity (Wildman–Crippen MR) is 72.0 cm³/mol. The summed E-state index contributed by atoms with van der Waals surface area (Å²) in [4.78, 5) is 0. The summed E-state index contributed by atoms with van der Waals surface area (Å²) >= 11 is 6.15. The van der Waals surface area contributed by atoms with E-state index in [1.165, 1.54) is 64.2 Å². The van der Waals surface area contributed by atoms with Crippen molar-refractivity contribution in [3.63, 3.8) is 0 Å². The molecule has 2 saturated carbocycles. The van der Waals surface area contributed by atoms with E-state index < -0.39 is 0 Å². The molecule has 0 heterocycles. The van der Waals surface area contributed by atoms with E-state index in [1.807, 2.05) is 0 Å². The highest BCUT2D eigenvalue weighted by Gasteiger charge is 2.19. The molecule has 0 N–H and O–H groups in total. The maximum atomic E-state index is 6.15. The average Bonchev–Trinajstić information content (AvgIpc) is 2.38. The van der Waals surface area contributed by atoms with Crippen molar-refractivity contribution >= 4 is 11.6 Å². The first-order valence-corrected chi connectivity index (χ1v) is 7.70. The second kappa shape index (κ2) is 6.69. The monoisotopic (exact) mass is 240 g/mol. The fourth-order valence-corrected chi connectivity index (χ4v) is 3.67. The number of halogens is 1. The van der Waals surface area contributed by atoms with E-state index >= 15 is 0 Å². The van der Waals surface area contributed by atoms with E-state index in [0.717, 1.165) is 17.7 Å². The summed E-state index contributed by atoms with van der Waals surface area (Å²) in [6, 6.07) is 0. The lowest BCUT2D eigenvalue weighted by atomic mass is 9.81. The van der Waals surface area contributed by atoms with Gasteiger partial charge in [0, 0.05) is 5.88 Å². The Bertz CT molecular complexity index is 220. The molecule has 0 aromatic carbocycles. The zero-order valence-corrected chi connectivity index (χ0v) is 11.1. The van der Waals surface area contributed by atoms with Gasteiger partial charge in [0.05, 0.1) is 0 Å². The second-order valence-electron chi connectivity index (χ2n) is 5.61. The van der Waals surface area contributed by atoms with Gasteiger partial charge in [-0.1, -0.05) is 50.2 Å². The van der Waals surface area contributed by atoms with Crippen molar-refractivity contribution in [3.05, 3.63) is 11.6 Å². The molecule has 0 bridgehead atoms. The van der Waals surface area contributed by atoms with Crippen LogP contribution in [0.15, 0.2) is 11.6 Å². The Morgan fingerprint density at radius 1 is 0.875 bits per heavy atom. The Morgan fingerprint density at radius 2 is 1.44 bits per heavy atom. The van der Waals surface area contributed by atoms with Crippen LogP contribution in [0, 0.1) is 11.8 Å². The Labute approximate surface area is 105 Å². The lowest BCUT2D eigenvalue weighted by Gasteiger charge is -2.26. The van der Waals surface area contributed by atoms with E-state index in [1.54, 1.807) is 5.57 Å². The highest BCUT2D eigenvalue weighted by Crippen LogP contribution is 2.33. The Kier molecular flexibility index (Phi) is 5.22. The molecule has 0 spiro atoms. The molecule has 0 aromatic heterocycles. The largest absolute Gasteiger partial charge is 0.122 e. The average molecular weight is 241 g/mol. The molecule has 1 heteroatoms. The zero-order chi connectivity index (χ0) is 11.2. The Balaban J connectivity index is 1.93. The molecule has 0 radical (unpaired) electrons. The van der Waals surface area contributed by atoms with Gasteiger partial charge in [0.15, 0.2) is 0 Å². The van der Waals surface area contributed by atoms with Gasteiger partial charge in [-0.3, -0.25) is 0 Å². The quantitative estimate of drug-likeness (QED) is 0.463. The molecular formula is C15H25Cl. The molecule has 16 heavy (non-hydrogen) atoms. The summed E-state index contributed by atoms with van der Waals surface area (Å²) in [5.41, 5.74) is 1.58. The smallest absolute Gasteiger partial charge is 0.0436 e. The number of hydrogen-bond acceptors (Lipinski definition) is 0. The third kappa shape index (κ3) is 3.52. The Hall–Kier alpha value is 0.0300. The summed E-state index contributed by atoms with van der Waals surface area (Å²) in [6.45, 7) is 0. The van der Waals surface area contributed by atoms with Crippen LogP contribution in [0.4, 0.5) is 0 Å². The standard InChI is InChI=1S/C15H25Cl/c16-12-15(14-9-5-2-6-10-14)11-13-7-3-1-4-8-13/h11,13-14H,1-10,12H2. The molecule has 0 atom stereocenters. The van der Waals surface area contributed by atoms with Crippen LogP contribution >= 0.6 is 11.6 Å². The highest BCUT2D eigenvalue weighted by molar-refractivity contribution is 6.19. The van der Waals surface area contributed by atoms with Gasteiger partial charge in [-0.05, 0) is 37.5 Å². The molecule has 2 aliphatic rings. The van der Waals surface area contributed by atoms with Gasteiger partial charge in [0.25, 0.3) is 0 Å². The molecule has 0 nitrogen and oxygen atoms in total. The van der Waals surface area contributed by atoms with E-state index in [-0.39, 0.29) is 0 Å². The number of allylic oxidation sites excluding steroid dienone is 2. The molecular weight excluding hydrogens is 216 g/mol. The van der Waals surface area contributed by atoms with E-state index in [2.05, 4.69) is 6.08 Å². The summed E-state index contributed by atoms with van der Waals surface area (Å²) in [7, 11) is 0. The normalized spacial score (nSPS) is 25.9. The maximum absolute atomic E-state index is 6.15. The van der Waals surface area contributed by atoms with Crippen LogP contribution in [-0.4, -0.2) is 5.88 Å². The van der Waals surface area contributed by atoms with Crippen molar-refractivity contribution in [2.75, 3.05) is 5.88 Å². The van der Waals surface area contributed by atoms with Crippen molar-refractivity contribution in [2.24, 2.45) is 11.8 Å². The summed E-state index contributed by atoms with van der Waals surface area (Å²) < 4.78 is 0. The number of hydrogen-bond donors (Lipinski definition) is 0. The Morgan fingerprint density at radius 3 is 2.00 bits per heavy atom. The molecule has 0 aromatic rings. The zero-order valence-electron chi connectivity index (χ0n) is 10.4. The third-order valence-electron chi connectivity index (χ3n) is 4.38. The lowest BCUT2D eigenvalue weighted by molar-refractivity contribution is 0.387. The van der Waals surface area contributed by atoms with Crippen molar-refractivity contribution in [1.29, 1.82) is 0 Å². The van der Waals surface area contributed by atoms with E-state index in [9.17, 15) is 0 Å². The van der Waals surface area contributed by atoms with Crippen LogP contribution in [0.3, 0.4) is 0 Å². The molecule has 0 saturated heterocycles. The first-order chi connectivity index (χ1) is 7.90. The molecule has 2 aliphatic carbocycles. The molecule has 2 rings (SSSR count). The van der Waals surface area contributed by atoms with Crippen LogP contribution in [0.1, 0.15) is 64.2 Å². The molecule has 0 unspecified atom stereocenters. The van der Waals surface area contributed by atoms with Crippen molar-refractivity contribution in [1.82, 2.24) is 0 Å². The summed E-state index contributed by atoms with van der Waals surface area (Å²) in [6.07, 6.45) is 16.8. The minimum Gasteiger partial charge on any atom is -0.122 e. The minimum atomic E-state index is 0.779. The maximum Gasteiger partial charge on any atom is 0.0436 e. The second-order valence-corrected chi connectivity index (χ2v) is 5.88. The van der Waals surface area contributed by atoms with Crippen molar-refractivity contribution < 1.29 is 0 Å². The van der Waals surface area contributed by atoms with Crippen LogP contribution in [0.5, 0.6) is 0 Å². The highest BCUT2D eigenvalue weighted by atomic mass is 35.5. The number of rotatable bonds is 3. The van der Waals surface area contributed by atoms with E-state index in [0.29, 0.717) is 0 Å². The molecule has 0 aliphatic heterocycles. The summed E-state index contributed by atoms with van der Waals surface area (Å²) in [5, 5.41) is 0. The van der Waals surface area contributed by atoms with Crippen LogP contribution in [0.25, 0.3) is 0 Å². The van der Waals surface area contributed by atoms with Gasteiger partial charge in [-0.25, -0.2) is 0 Å².